The van der Waals surface area contributed by atoms with Gasteiger partial charge in [0.15, 0.2) is 0 Å². The first-order chi connectivity index (χ1) is 10.2. The third-order valence-corrected chi connectivity index (χ3v) is 7.84. The van der Waals surface area contributed by atoms with Gasteiger partial charge in [-0.1, -0.05) is 0 Å². The molecule has 2 aliphatic rings. The van der Waals surface area contributed by atoms with Crippen LogP contribution in [0.2, 0.25) is 9.34 Å². The van der Waals surface area contributed by atoms with Gasteiger partial charge in [0.25, 0.3) is 0 Å². The van der Waals surface area contributed by atoms with Gasteiger partial charge in [-0.15, -0.1) is 0 Å². The predicted molar refractivity (Wildman–Crippen MR) is 83.9 cm³/mol. The second-order valence-electron chi connectivity index (χ2n) is 5.64. The standard InChI is InChI=1S/C17H15ClO2Se/c18-12-8-6-11(7-9-12)15-17(10-14(17)16(19)20-15)21-13-4-2-1-3-5-13/h1-9,14-16,19H,10H2/t14-,15-,16+,17+/m1/s1. The Morgan fingerprint density at radius 1 is 1.10 bits per heavy atom. The van der Waals surface area contributed by atoms with Crippen LogP contribution in [-0.2, 0) is 4.74 Å². The van der Waals surface area contributed by atoms with E-state index in [0.29, 0.717) is 15.0 Å². The first kappa shape index (κ1) is 13.8. The van der Waals surface area contributed by atoms with Gasteiger partial charge < -0.3 is 0 Å². The Morgan fingerprint density at radius 2 is 1.81 bits per heavy atom. The third kappa shape index (κ3) is 2.34. The normalized spacial score (nSPS) is 33.7. The Balaban J connectivity index is 1.65. The minimum absolute atomic E-state index is 0.0185. The molecule has 4 rings (SSSR count). The van der Waals surface area contributed by atoms with Gasteiger partial charge in [0, 0.05) is 0 Å². The minimum atomic E-state index is -0.628. The molecule has 4 heteroatoms. The Hall–Kier alpha value is -0.831. The van der Waals surface area contributed by atoms with E-state index in [1.807, 2.05) is 30.3 Å². The molecule has 2 aromatic carbocycles. The maximum absolute atomic E-state index is 10.1. The number of hydrogen-bond acceptors (Lipinski definition) is 2. The SMILES string of the molecule is O[C@H]1O[C@H](c2ccc(Cl)cc2)[C@]2([Se]c3ccccc3)C[C@H]12. The molecule has 0 spiro atoms. The number of rotatable bonds is 3. The molecule has 1 saturated carbocycles. The van der Waals surface area contributed by atoms with E-state index in [-0.39, 0.29) is 16.3 Å². The first-order valence-electron chi connectivity index (χ1n) is 7.02. The molecule has 1 aliphatic heterocycles. The van der Waals surface area contributed by atoms with Crippen molar-refractivity contribution in [3.05, 3.63) is 65.2 Å². The summed E-state index contributed by atoms with van der Waals surface area (Å²) in [5.41, 5.74) is 1.12. The van der Waals surface area contributed by atoms with Gasteiger partial charge in [0.1, 0.15) is 0 Å². The number of fused-ring (bicyclic) bond motifs is 1. The molecular formula is C17H15ClO2Se. The monoisotopic (exact) mass is 366 g/mol. The first-order valence-corrected chi connectivity index (χ1v) is 9.11. The molecule has 0 bridgehead atoms. The summed E-state index contributed by atoms with van der Waals surface area (Å²) in [5.74, 6) is 0.276. The van der Waals surface area contributed by atoms with Crippen LogP contribution in [0.5, 0.6) is 0 Å². The molecule has 1 aliphatic carbocycles. The van der Waals surface area contributed by atoms with Crippen LogP contribution in [0.25, 0.3) is 0 Å². The van der Waals surface area contributed by atoms with E-state index in [9.17, 15) is 5.11 Å². The third-order valence-electron chi connectivity index (χ3n) is 4.29. The number of ether oxygens (including phenoxy) is 1. The van der Waals surface area contributed by atoms with Gasteiger partial charge in [-0.3, -0.25) is 0 Å². The van der Waals surface area contributed by atoms with E-state index in [1.54, 1.807) is 0 Å². The molecule has 0 unspecified atom stereocenters. The number of aliphatic hydroxyl groups is 1. The molecule has 108 valence electrons. The average Bonchev–Trinajstić information content (AvgIpc) is 3.15. The van der Waals surface area contributed by atoms with E-state index in [0.717, 1.165) is 17.0 Å². The van der Waals surface area contributed by atoms with Crippen LogP contribution in [0.15, 0.2) is 54.6 Å². The van der Waals surface area contributed by atoms with Gasteiger partial charge in [-0.05, 0) is 0 Å². The maximum atomic E-state index is 10.1. The zero-order valence-electron chi connectivity index (χ0n) is 11.3. The van der Waals surface area contributed by atoms with Crippen LogP contribution in [0, 0.1) is 5.92 Å². The molecule has 2 nitrogen and oxygen atoms in total. The summed E-state index contributed by atoms with van der Waals surface area (Å²) >= 11 is 6.26. The number of benzene rings is 2. The Bertz CT molecular complexity index is 646. The summed E-state index contributed by atoms with van der Waals surface area (Å²) in [4.78, 5) is 0. The van der Waals surface area contributed by atoms with E-state index < -0.39 is 6.29 Å². The summed E-state index contributed by atoms with van der Waals surface area (Å²) in [6, 6.07) is 18.4. The van der Waals surface area contributed by atoms with Crippen molar-refractivity contribution in [1.29, 1.82) is 0 Å². The summed E-state index contributed by atoms with van der Waals surface area (Å²) < 4.78 is 7.32. The van der Waals surface area contributed by atoms with Gasteiger partial charge >= 0.3 is 135 Å². The summed E-state index contributed by atoms with van der Waals surface area (Å²) in [6.45, 7) is 0. The molecule has 0 radical (unpaired) electrons. The van der Waals surface area contributed by atoms with Crippen molar-refractivity contribution in [3.8, 4) is 0 Å². The van der Waals surface area contributed by atoms with Gasteiger partial charge in [0.2, 0.25) is 0 Å². The van der Waals surface area contributed by atoms with Crippen molar-refractivity contribution in [1.82, 2.24) is 0 Å². The van der Waals surface area contributed by atoms with Gasteiger partial charge in [0.05, 0.1) is 0 Å². The van der Waals surface area contributed by atoms with E-state index >= 15 is 0 Å². The zero-order chi connectivity index (χ0) is 14.4. The number of aliphatic hydroxyl groups excluding tert-OH is 1. The molecule has 0 amide bonds. The van der Waals surface area contributed by atoms with Gasteiger partial charge in [-0.2, -0.15) is 0 Å². The molecule has 2 fully saturated rings. The van der Waals surface area contributed by atoms with Crippen molar-refractivity contribution in [2.24, 2.45) is 5.92 Å². The quantitative estimate of drug-likeness (QED) is 0.848. The topological polar surface area (TPSA) is 29.5 Å². The molecule has 1 heterocycles. The number of hydrogen-bond donors (Lipinski definition) is 1. The summed E-state index contributed by atoms with van der Waals surface area (Å²) in [5, 5.41) is 10.9. The van der Waals surface area contributed by atoms with Crippen LogP contribution < -0.4 is 4.46 Å². The Labute approximate surface area is 135 Å². The van der Waals surface area contributed by atoms with Crippen LogP contribution >= 0.6 is 11.6 Å². The molecule has 0 aromatic heterocycles. The van der Waals surface area contributed by atoms with E-state index in [2.05, 4.69) is 24.3 Å². The Morgan fingerprint density at radius 3 is 2.48 bits per heavy atom. The fourth-order valence-corrected chi connectivity index (χ4v) is 6.56. The van der Waals surface area contributed by atoms with Crippen molar-refractivity contribution in [2.45, 2.75) is 23.1 Å². The predicted octanol–water partition coefficient (Wildman–Crippen LogP) is 2.94. The molecule has 1 saturated heterocycles. The second kappa shape index (κ2) is 5.12. The molecule has 4 atom stereocenters. The Kier molecular flexibility index (Phi) is 3.36. The van der Waals surface area contributed by atoms with E-state index in [1.165, 1.54) is 4.46 Å². The average molecular weight is 366 g/mol. The number of halogens is 1. The zero-order valence-corrected chi connectivity index (χ0v) is 13.7. The van der Waals surface area contributed by atoms with Crippen LogP contribution in [0.4, 0.5) is 0 Å². The van der Waals surface area contributed by atoms with Crippen molar-refractivity contribution >= 4 is 31.0 Å². The summed E-state index contributed by atoms with van der Waals surface area (Å²) in [7, 11) is 0. The van der Waals surface area contributed by atoms with Gasteiger partial charge in [-0.25, -0.2) is 0 Å². The van der Waals surface area contributed by atoms with Crippen molar-refractivity contribution < 1.29 is 9.84 Å². The fourth-order valence-electron chi connectivity index (χ4n) is 3.15. The van der Waals surface area contributed by atoms with Crippen LogP contribution in [0.1, 0.15) is 18.1 Å². The molecule has 2 aromatic rings. The molecular weight excluding hydrogens is 351 g/mol. The molecule has 1 N–H and O–H groups in total. The van der Waals surface area contributed by atoms with E-state index in [4.69, 9.17) is 16.3 Å². The summed E-state index contributed by atoms with van der Waals surface area (Å²) in [6.07, 6.45) is 0.405. The second-order valence-corrected chi connectivity index (χ2v) is 9.09. The van der Waals surface area contributed by atoms with Crippen molar-refractivity contribution in [3.63, 3.8) is 0 Å². The van der Waals surface area contributed by atoms with Crippen LogP contribution in [-0.4, -0.2) is 26.4 Å². The van der Waals surface area contributed by atoms with Crippen LogP contribution in [0.3, 0.4) is 0 Å². The molecule has 21 heavy (non-hydrogen) atoms. The fraction of sp³-hybridized carbons (Fsp3) is 0.294. The van der Waals surface area contributed by atoms with Crippen molar-refractivity contribution in [2.75, 3.05) is 0 Å².